The van der Waals surface area contributed by atoms with E-state index in [2.05, 4.69) is 4.74 Å². The van der Waals surface area contributed by atoms with Gasteiger partial charge in [0, 0.05) is 0 Å². The Hall–Kier alpha value is -1.84. The second-order valence-corrected chi connectivity index (χ2v) is 4.73. The van der Waals surface area contributed by atoms with E-state index in [9.17, 15) is 9.59 Å². The van der Waals surface area contributed by atoms with Crippen LogP contribution >= 0.6 is 0 Å². The van der Waals surface area contributed by atoms with Crippen molar-refractivity contribution in [3.63, 3.8) is 0 Å². The molecule has 0 bridgehead atoms. The van der Waals surface area contributed by atoms with Crippen LogP contribution in [0.3, 0.4) is 0 Å². The maximum absolute atomic E-state index is 11.4. The molecule has 1 aliphatic carbocycles. The number of esters is 1. The SMILES string of the molecule is COC(=O)C(C)Oc1c(C=O)ccc2c1CCCC2. The van der Waals surface area contributed by atoms with E-state index in [0.29, 0.717) is 11.3 Å². The number of aryl methyl sites for hydroxylation is 1. The molecular weight excluding hydrogens is 244 g/mol. The summed E-state index contributed by atoms with van der Waals surface area (Å²) in [6.07, 6.45) is 4.18. The third kappa shape index (κ3) is 2.78. The fourth-order valence-corrected chi connectivity index (χ4v) is 2.44. The molecular formula is C15H18O4. The third-order valence-corrected chi connectivity index (χ3v) is 3.47. The van der Waals surface area contributed by atoms with E-state index in [-0.39, 0.29) is 0 Å². The molecule has 0 spiro atoms. The van der Waals surface area contributed by atoms with Crippen LogP contribution in [0.1, 0.15) is 41.3 Å². The van der Waals surface area contributed by atoms with Gasteiger partial charge in [0.2, 0.25) is 0 Å². The molecule has 0 saturated heterocycles. The van der Waals surface area contributed by atoms with Crippen LogP contribution in [0.4, 0.5) is 0 Å². The van der Waals surface area contributed by atoms with Crippen LogP contribution in [0.5, 0.6) is 5.75 Å². The first-order valence-corrected chi connectivity index (χ1v) is 6.51. The Morgan fingerprint density at radius 2 is 2.05 bits per heavy atom. The first kappa shape index (κ1) is 13.6. The van der Waals surface area contributed by atoms with E-state index in [0.717, 1.165) is 37.5 Å². The lowest BCUT2D eigenvalue weighted by molar-refractivity contribution is -0.147. The molecule has 4 nitrogen and oxygen atoms in total. The van der Waals surface area contributed by atoms with Crippen molar-refractivity contribution in [1.82, 2.24) is 0 Å². The van der Waals surface area contributed by atoms with Crippen molar-refractivity contribution in [2.24, 2.45) is 0 Å². The summed E-state index contributed by atoms with van der Waals surface area (Å²) in [5, 5.41) is 0. The highest BCUT2D eigenvalue weighted by Crippen LogP contribution is 2.33. The first-order chi connectivity index (χ1) is 9.17. The number of fused-ring (bicyclic) bond motifs is 1. The Bertz CT molecular complexity index is 493. The molecule has 1 unspecified atom stereocenters. The Labute approximate surface area is 112 Å². The quantitative estimate of drug-likeness (QED) is 0.617. The smallest absolute Gasteiger partial charge is 0.346 e. The molecule has 102 valence electrons. The highest BCUT2D eigenvalue weighted by Gasteiger charge is 2.22. The summed E-state index contributed by atoms with van der Waals surface area (Å²) in [4.78, 5) is 22.6. The minimum atomic E-state index is -0.711. The number of ether oxygens (including phenoxy) is 2. The van der Waals surface area contributed by atoms with Crippen molar-refractivity contribution < 1.29 is 19.1 Å². The van der Waals surface area contributed by atoms with E-state index < -0.39 is 12.1 Å². The van der Waals surface area contributed by atoms with Crippen LogP contribution in [-0.2, 0) is 22.4 Å². The Morgan fingerprint density at radius 1 is 1.32 bits per heavy atom. The van der Waals surface area contributed by atoms with Crippen molar-refractivity contribution in [2.45, 2.75) is 38.7 Å². The number of hydrogen-bond donors (Lipinski definition) is 0. The largest absolute Gasteiger partial charge is 0.478 e. The average Bonchev–Trinajstić information content (AvgIpc) is 2.46. The molecule has 4 heteroatoms. The number of hydrogen-bond acceptors (Lipinski definition) is 4. The molecule has 0 saturated carbocycles. The van der Waals surface area contributed by atoms with E-state index >= 15 is 0 Å². The molecule has 19 heavy (non-hydrogen) atoms. The van der Waals surface area contributed by atoms with Gasteiger partial charge in [-0.2, -0.15) is 0 Å². The number of carbonyl (C=O) groups excluding carboxylic acids is 2. The maximum Gasteiger partial charge on any atom is 0.346 e. The zero-order valence-corrected chi connectivity index (χ0v) is 11.3. The van der Waals surface area contributed by atoms with Crippen LogP contribution in [0.25, 0.3) is 0 Å². The van der Waals surface area contributed by atoms with Gasteiger partial charge in [0.15, 0.2) is 12.4 Å². The monoisotopic (exact) mass is 262 g/mol. The number of rotatable bonds is 4. The van der Waals surface area contributed by atoms with Gasteiger partial charge in [-0.15, -0.1) is 0 Å². The fourth-order valence-electron chi connectivity index (χ4n) is 2.44. The summed E-state index contributed by atoms with van der Waals surface area (Å²) in [7, 11) is 1.32. The molecule has 0 aromatic heterocycles. The summed E-state index contributed by atoms with van der Waals surface area (Å²) >= 11 is 0. The lowest BCUT2D eigenvalue weighted by Crippen LogP contribution is -2.26. The molecule has 0 N–H and O–H groups in total. The first-order valence-electron chi connectivity index (χ1n) is 6.51. The average molecular weight is 262 g/mol. The molecule has 0 radical (unpaired) electrons. The van der Waals surface area contributed by atoms with Crippen molar-refractivity contribution in [1.29, 1.82) is 0 Å². The zero-order chi connectivity index (χ0) is 13.8. The number of methoxy groups -OCH3 is 1. The van der Waals surface area contributed by atoms with Gasteiger partial charge in [-0.25, -0.2) is 4.79 Å². The molecule has 2 rings (SSSR count). The Morgan fingerprint density at radius 3 is 2.74 bits per heavy atom. The highest BCUT2D eigenvalue weighted by molar-refractivity contribution is 5.82. The van der Waals surface area contributed by atoms with E-state index in [1.807, 2.05) is 6.07 Å². The Balaban J connectivity index is 2.36. The Kier molecular flexibility index (Phi) is 4.20. The van der Waals surface area contributed by atoms with Gasteiger partial charge in [-0.05, 0) is 49.8 Å². The summed E-state index contributed by atoms with van der Waals surface area (Å²) in [6, 6.07) is 3.74. The molecule has 1 atom stereocenters. The number of carbonyl (C=O) groups is 2. The summed E-state index contributed by atoms with van der Waals surface area (Å²) in [6.45, 7) is 1.63. The van der Waals surface area contributed by atoms with E-state index in [1.54, 1.807) is 13.0 Å². The highest BCUT2D eigenvalue weighted by atomic mass is 16.6. The van der Waals surface area contributed by atoms with Gasteiger partial charge < -0.3 is 9.47 Å². The van der Waals surface area contributed by atoms with Crippen molar-refractivity contribution in [2.75, 3.05) is 7.11 Å². The minimum absolute atomic E-state index is 0.440. The number of aldehydes is 1. The van der Waals surface area contributed by atoms with Gasteiger partial charge in [-0.3, -0.25) is 4.79 Å². The molecule has 0 fully saturated rings. The molecule has 0 heterocycles. The lowest BCUT2D eigenvalue weighted by Gasteiger charge is -2.22. The zero-order valence-electron chi connectivity index (χ0n) is 11.3. The maximum atomic E-state index is 11.4. The van der Waals surface area contributed by atoms with E-state index in [1.165, 1.54) is 12.7 Å². The molecule has 1 aromatic carbocycles. The summed E-state index contributed by atoms with van der Waals surface area (Å²) in [5.41, 5.74) is 2.77. The summed E-state index contributed by atoms with van der Waals surface area (Å²) < 4.78 is 10.3. The third-order valence-electron chi connectivity index (χ3n) is 3.47. The fraction of sp³-hybridized carbons (Fsp3) is 0.467. The molecule has 0 amide bonds. The summed E-state index contributed by atoms with van der Waals surface area (Å²) in [5.74, 6) is 0.107. The minimum Gasteiger partial charge on any atom is -0.478 e. The van der Waals surface area contributed by atoms with Gasteiger partial charge in [0.1, 0.15) is 5.75 Å². The van der Waals surface area contributed by atoms with Crippen LogP contribution in [0.2, 0.25) is 0 Å². The number of benzene rings is 1. The molecule has 1 aliphatic rings. The molecule has 1 aromatic rings. The standard InChI is InChI=1S/C15H18O4/c1-10(15(17)18-2)19-14-12(9-16)8-7-11-5-3-4-6-13(11)14/h7-10H,3-6H2,1-2H3. The predicted octanol–water partition coefficient (Wildman–Crippen LogP) is 2.32. The predicted molar refractivity (Wildman–Crippen MR) is 70.6 cm³/mol. The van der Waals surface area contributed by atoms with Crippen molar-refractivity contribution in [3.8, 4) is 5.75 Å². The molecule has 0 aliphatic heterocycles. The van der Waals surface area contributed by atoms with Gasteiger partial charge >= 0.3 is 5.97 Å². The lowest BCUT2D eigenvalue weighted by atomic mass is 9.89. The van der Waals surface area contributed by atoms with E-state index in [4.69, 9.17) is 4.74 Å². The van der Waals surface area contributed by atoms with Gasteiger partial charge in [0.05, 0.1) is 12.7 Å². The van der Waals surface area contributed by atoms with Crippen molar-refractivity contribution in [3.05, 3.63) is 28.8 Å². The second kappa shape index (κ2) is 5.87. The van der Waals surface area contributed by atoms with Crippen molar-refractivity contribution >= 4 is 12.3 Å². The van der Waals surface area contributed by atoms with Gasteiger partial charge in [-0.1, -0.05) is 6.07 Å². The second-order valence-electron chi connectivity index (χ2n) is 4.73. The van der Waals surface area contributed by atoms with Gasteiger partial charge in [0.25, 0.3) is 0 Å². The van der Waals surface area contributed by atoms with Crippen LogP contribution in [0.15, 0.2) is 12.1 Å². The topological polar surface area (TPSA) is 52.6 Å². The van der Waals surface area contributed by atoms with Crippen LogP contribution in [-0.4, -0.2) is 25.5 Å². The van der Waals surface area contributed by atoms with Crippen LogP contribution < -0.4 is 4.74 Å². The van der Waals surface area contributed by atoms with Crippen LogP contribution in [0, 0.1) is 0 Å². The normalized spacial score (nSPS) is 15.3.